The number of nitrogens with zero attached hydrogens (tertiary/aromatic N) is 1. The number of phenolic OH excluding ortho intramolecular Hbond substituents is 1. The van der Waals surface area contributed by atoms with Crippen LogP contribution in [0.2, 0.25) is 0 Å². The summed E-state index contributed by atoms with van der Waals surface area (Å²) in [5, 5.41) is 13.8. The van der Waals surface area contributed by atoms with Gasteiger partial charge in [0.1, 0.15) is 17.3 Å². The molecule has 2 aliphatic rings. The fraction of sp³-hybridized carbons (Fsp3) is 0.647. The fourth-order valence-corrected chi connectivity index (χ4v) is 4.00. The van der Waals surface area contributed by atoms with Crippen molar-refractivity contribution in [3.63, 3.8) is 0 Å². The van der Waals surface area contributed by atoms with Crippen LogP contribution in [0, 0.1) is 11.7 Å². The standard InChI is InChI=1S/C17H26FN3O/c18-14-7-6-13(17(22)15(14)19)16(12-4-2-1-3-5-12)21-10-8-20-9-11-21/h6-7,12,16,20,22H,1-5,8-11,19H2/t16-/m1/s1. The number of aromatic hydroxyl groups is 1. The van der Waals surface area contributed by atoms with Crippen molar-refractivity contribution in [1.82, 2.24) is 10.2 Å². The summed E-state index contributed by atoms with van der Waals surface area (Å²) >= 11 is 0. The summed E-state index contributed by atoms with van der Waals surface area (Å²) in [5.41, 5.74) is 6.41. The number of nitrogens with one attached hydrogen (secondary N) is 1. The Morgan fingerprint density at radius 3 is 2.55 bits per heavy atom. The molecule has 0 unspecified atom stereocenters. The molecule has 0 bridgehead atoms. The van der Waals surface area contributed by atoms with E-state index in [0.29, 0.717) is 5.92 Å². The van der Waals surface area contributed by atoms with E-state index in [4.69, 9.17) is 5.73 Å². The summed E-state index contributed by atoms with van der Waals surface area (Å²) in [7, 11) is 0. The number of nitrogens with two attached hydrogens (primary N) is 1. The molecule has 1 heterocycles. The largest absolute Gasteiger partial charge is 0.505 e. The molecule has 4 N–H and O–H groups in total. The molecular formula is C17H26FN3O. The van der Waals surface area contributed by atoms with E-state index in [9.17, 15) is 9.50 Å². The molecule has 0 radical (unpaired) electrons. The minimum atomic E-state index is -0.538. The number of piperazine rings is 1. The lowest BCUT2D eigenvalue weighted by Gasteiger charge is -2.41. The maximum absolute atomic E-state index is 13.6. The summed E-state index contributed by atoms with van der Waals surface area (Å²) in [6.45, 7) is 3.83. The highest BCUT2D eigenvalue weighted by molar-refractivity contribution is 5.58. The van der Waals surface area contributed by atoms with Crippen molar-refractivity contribution in [3.05, 3.63) is 23.5 Å². The molecule has 5 heteroatoms. The Bertz CT molecular complexity index is 493. The van der Waals surface area contributed by atoms with Crippen LogP contribution in [0.4, 0.5) is 10.1 Å². The van der Waals surface area contributed by atoms with Gasteiger partial charge in [0.25, 0.3) is 0 Å². The second kappa shape index (κ2) is 6.84. The molecule has 1 saturated carbocycles. The van der Waals surface area contributed by atoms with Crippen LogP contribution in [0.25, 0.3) is 0 Å². The SMILES string of the molecule is Nc1c(F)ccc([C@@H](C2CCCCC2)N2CCNCC2)c1O. The van der Waals surface area contributed by atoms with Crippen LogP contribution < -0.4 is 11.1 Å². The van der Waals surface area contributed by atoms with Gasteiger partial charge in [0.2, 0.25) is 0 Å². The molecule has 4 nitrogen and oxygen atoms in total. The first kappa shape index (κ1) is 15.6. The van der Waals surface area contributed by atoms with Crippen molar-refractivity contribution in [2.75, 3.05) is 31.9 Å². The molecule has 122 valence electrons. The molecule has 0 spiro atoms. The number of rotatable bonds is 3. The first-order valence-electron chi connectivity index (χ1n) is 8.40. The Balaban J connectivity index is 1.94. The van der Waals surface area contributed by atoms with Crippen LogP contribution >= 0.6 is 0 Å². The fourth-order valence-electron chi connectivity index (χ4n) is 4.00. The summed E-state index contributed by atoms with van der Waals surface area (Å²) in [5.74, 6) is -0.0827. The highest BCUT2D eigenvalue weighted by Gasteiger charge is 2.33. The van der Waals surface area contributed by atoms with Crippen molar-refractivity contribution in [2.24, 2.45) is 5.92 Å². The Morgan fingerprint density at radius 1 is 1.18 bits per heavy atom. The Kier molecular flexibility index (Phi) is 4.84. The number of phenols is 1. The summed E-state index contributed by atoms with van der Waals surface area (Å²) in [6.07, 6.45) is 6.12. The van der Waals surface area contributed by atoms with Gasteiger partial charge in [0.05, 0.1) is 0 Å². The Morgan fingerprint density at radius 2 is 1.86 bits per heavy atom. The van der Waals surface area contributed by atoms with Crippen molar-refractivity contribution in [1.29, 1.82) is 0 Å². The minimum absolute atomic E-state index is 0.0610. The molecule has 1 aliphatic carbocycles. The molecule has 0 amide bonds. The van der Waals surface area contributed by atoms with Crippen LogP contribution in [-0.2, 0) is 0 Å². The number of anilines is 1. The Labute approximate surface area is 131 Å². The molecule has 3 rings (SSSR count). The predicted octanol–water partition coefficient (Wildman–Crippen LogP) is 2.64. The van der Waals surface area contributed by atoms with Gasteiger partial charge >= 0.3 is 0 Å². The lowest BCUT2D eigenvalue weighted by atomic mass is 9.79. The number of halogens is 1. The molecule has 1 aliphatic heterocycles. The molecule has 1 atom stereocenters. The van der Waals surface area contributed by atoms with Gasteiger partial charge in [-0.25, -0.2) is 4.39 Å². The van der Waals surface area contributed by atoms with Gasteiger partial charge in [-0.15, -0.1) is 0 Å². The molecule has 22 heavy (non-hydrogen) atoms. The highest BCUT2D eigenvalue weighted by atomic mass is 19.1. The zero-order chi connectivity index (χ0) is 15.5. The van der Waals surface area contributed by atoms with E-state index in [1.807, 2.05) is 0 Å². The number of hydrogen-bond acceptors (Lipinski definition) is 4. The van der Waals surface area contributed by atoms with E-state index in [1.165, 1.54) is 38.2 Å². The smallest absolute Gasteiger partial charge is 0.149 e. The zero-order valence-electron chi connectivity index (χ0n) is 13.0. The number of hydrogen-bond donors (Lipinski definition) is 3. The van der Waals surface area contributed by atoms with E-state index in [1.54, 1.807) is 6.07 Å². The maximum atomic E-state index is 13.6. The monoisotopic (exact) mass is 307 g/mol. The van der Waals surface area contributed by atoms with Gasteiger partial charge < -0.3 is 16.2 Å². The molecule has 1 saturated heterocycles. The van der Waals surface area contributed by atoms with Gasteiger partial charge in [-0.3, -0.25) is 4.90 Å². The van der Waals surface area contributed by atoms with Crippen LogP contribution in [-0.4, -0.2) is 36.2 Å². The second-order valence-electron chi connectivity index (χ2n) is 6.53. The van der Waals surface area contributed by atoms with Crippen molar-refractivity contribution in [3.8, 4) is 5.75 Å². The van der Waals surface area contributed by atoms with Crippen molar-refractivity contribution >= 4 is 5.69 Å². The van der Waals surface area contributed by atoms with Gasteiger partial charge in [0.15, 0.2) is 0 Å². The van der Waals surface area contributed by atoms with E-state index in [0.717, 1.165) is 31.7 Å². The van der Waals surface area contributed by atoms with Gasteiger partial charge in [-0.05, 0) is 24.8 Å². The van der Waals surface area contributed by atoms with Crippen LogP contribution in [0.15, 0.2) is 12.1 Å². The molecular weight excluding hydrogens is 281 g/mol. The van der Waals surface area contributed by atoms with E-state index in [-0.39, 0.29) is 17.5 Å². The van der Waals surface area contributed by atoms with Crippen LogP contribution in [0.1, 0.15) is 43.7 Å². The summed E-state index contributed by atoms with van der Waals surface area (Å²) in [6, 6.07) is 3.26. The van der Waals surface area contributed by atoms with E-state index in [2.05, 4.69) is 10.2 Å². The van der Waals surface area contributed by atoms with E-state index < -0.39 is 5.82 Å². The number of nitrogen functional groups attached to an aromatic ring is 1. The third-order valence-corrected chi connectivity index (χ3v) is 5.16. The van der Waals surface area contributed by atoms with Gasteiger partial charge in [-0.1, -0.05) is 25.3 Å². The predicted molar refractivity (Wildman–Crippen MR) is 86.2 cm³/mol. The molecule has 1 aromatic carbocycles. The average molecular weight is 307 g/mol. The zero-order valence-corrected chi connectivity index (χ0v) is 13.0. The van der Waals surface area contributed by atoms with E-state index >= 15 is 0 Å². The molecule has 2 fully saturated rings. The minimum Gasteiger partial charge on any atom is -0.505 e. The first-order valence-corrected chi connectivity index (χ1v) is 8.40. The summed E-state index contributed by atoms with van der Waals surface area (Å²) in [4.78, 5) is 2.43. The Hall–Kier alpha value is -1.33. The molecule has 1 aromatic rings. The molecule has 0 aromatic heterocycles. The third-order valence-electron chi connectivity index (χ3n) is 5.16. The third kappa shape index (κ3) is 3.06. The highest BCUT2D eigenvalue weighted by Crippen LogP contribution is 2.43. The van der Waals surface area contributed by atoms with Gasteiger partial charge in [-0.2, -0.15) is 0 Å². The summed E-state index contributed by atoms with van der Waals surface area (Å²) < 4.78 is 13.6. The maximum Gasteiger partial charge on any atom is 0.149 e. The number of benzene rings is 1. The quantitative estimate of drug-likeness (QED) is 0.593. The van der Waals surface area contributed by atoms with Gasteiger partial charge in [0, 0.05) is 37.8 Å². The van der Waals surface area contributed by atoms with Crippen LogP contribution in [0.5, 0.6) is 5.75 Å². The second-order valence-corrected chi connectivity index (χ2v) is 6.53. The van der Waals surface area contributed by atoms with Crippen LogP contribution in [0.3, 0.4) is 0 Å². The average Bonchev–Trinajstić information content (AvgIpc) is 2.57. The first-order chi connectivity index (χ1) is 10.7. The lowest BCUT2D eigenvalue weighted by Crippen LogP contribution is -2.47. The lowest BCUT2D eigenvalue weighted by molar-refractivity contribution is 0.101. The topological polar surface area (TPSA) is 61.5 Å². The van der Waals surface area contributed by atoms with Crippen molar-refractivity contribution in [2.45, 2.75) is 38.1 Å². The normalized spacial score (nSPS) is 22.6. The van der Waals surface area contributed by atoms with Crippen molar-refractivity contribution < 1.29 is 9.50 Å².